The minimum Gasteiger partial charge on any atom is -0.480 e. The fourth-order valence-electron chi connectivity index (χ4n) is 7.16. The maximum atomic E-state index is 12.9. The van der Waals surface area contributed by atoms with E-state index in [1.165, 1.54) is 90.9 Å². The quantitative estimate of drug-likeness (QED) is 0.0406. The van der Waals surface area contributed by atoms with Crippen molar-refractivity contribution >= 4 is 41.4 Å². The van der Waals surface area contributed by atoms with Crippen molar-refractivity contribution in [3.8, 4) is 0 Å². The normalized spacial score (nSPS) is 20.5. The lowest BCUT2D eigenvalue weighted by Crippen LogP contribution is -2.65. The molecular weight excluding hydrogens is 809 g/mol. The number of hydrogen-bond donors (Lipinski definition) is 10. The van der Waals surface area contributed by atoms with Crippen molar-refractivity contribution in [3.63, 3.8) is 0 Å². The molecule has 1 heterocycles. The molecule has 19 nitrogen and oxygen atoms in total. The zero-order valence-corrected chi connectivity index (χ0v) is 37.5. The molecule has 11 N–H and O–H groups in total. The van der Waals surface area contributed by atoms with E-state index >= 15 is 0 Å². The molecule has 9 atom stereocenters. The largest absolute Gasteiger partial charge is 0.480 e. The Morgan fingerprint density at radius 2 is 1.26 bits per heavy atom. The fourth-order valence-corrected chi connectivity index (χ4v) is 7.16. The number of rotatable bonds is 35. The van der Waals surface area contributed by atoms with E-state index in [2.05, 4.69) is 33.5 Å². The van der Waals surface area contributed by atoms with E-state index in [1.807, 2.05) is 0 Å². The van der Waals surface area contributed by atoms with Crippen LogP contribution in [-0.2, 0) is 43.0 Å². The fraction of sp³-hybridized carbons (Fsp3) is 0.837. The second-order valence-electron chi connectivity index (χ2n) is 16.4. The van der Waals surface area contributed by atoms with Gasteiger partial charge in [0.1, 0.15) is 48.6 Å². The highest BCUT2D eigenvalue weighted by atomic mass is 16.6. The van der Waals surface area contributed by atoms with Crippen LogP contribution < -0.4 is 32.3 Å². The number of aliphatic carboxylic acids is 1. The maximum absolute atomic E-state index is 12.9. The summed E-state index contributed by atoms with van der Waals surface area (Å²) in [7, 11) is 0. The minimum absolute atomic E-state index is 0.0393. The maximum Gasteiger partial charge on any atom is 0.326 e. The van der Waals surface area contributed by atoms with Gasteiger partial charge in [0.25, 0.3) is 0 Å². The van der Waals surface area contributed by atoms with Gasteiger partial charge in [0, 0.05) is 26.3 Å². The van der Waals surface area contributed by atoms with Gasteiger partial charge in [-0.1, -0.05) is 96.8 Å². The number of carbonyl (C=O) groups is 7. The van der Waals surface area contributed by atoms with Crippen molar-refractivity contribution in [2.75, 3.05) is 13.2 Å². The smallest absolute Gasteiger partial charge is 0.326 e. The molecule has 0 saturated carbocycles. The summed E-state index contributed by atoms with van der Waals surface area (Å²) in [5, 5.41) is 52.5. The molecule has 1 aliphatic heterocycles. The first kappa shape index (κ1) is 56.1. The summed E-state index contributed by atoms with van der Waals surface area (Å²) in [5.74, 6) is -5.26. The molecule has 1 saturated heterocycles. The average molecular weight is 887 g/mol. The molecule has 358 valence electrons. The van der Waals surface area contributed by atoms with E-state index in [1.54, 1.807) is 0 Å². The lowest BCUT2D eigenvalue weighted by atomic mass is 9.96. The van der Waals surface area contributed by atoms with Crippen molar-refractivity contribution in [1.29, 1.82) is 0 Å². The molecule has 0 radical (unpaired) electrons. The van der Waals surface area contributed by atoms with Crippen LogP contribution in [0.5, 0.6) is 0 Å². The number of carboxylic acids is 1. The van der Waals surface area contributed by atoms with Gasteiger partial charge in [-0.25, -0.2) is 4.79 Å². The van der Waals surface area contributed by atoms with Crippen LogP contribution in [-0.4, -0.2) is 130 Å². The van der Waals surface area contributed by atoms with Crippen LogP contribution in [0.25, 0.3) is 0 Å². The highest BCUT2D eigenvalue weighted by Gasteiger charge is 2.47. The number of amides is 6. The zero-order valence-electron chi connectivity index (χ0n) is 37.5. The Balaban J connectivity index is 2.36. The molecule has 0 aromatic rings. The topological polar surface area (TPSA) is 305 Å². The van der Waals surface area contributed by atoms with E-state index in [4.69, 9.17) is 15.2 Å². The number of aliphatic hydroxyl groups is 3. The molecule has 0 unspecified atom stereocenters. The average Bonchev–Trinajstić information content (AvgIpc) is 3.22. The summed E-state index contributed by atoms with van der Waals surface area (Å²) in [4.78, 5) is 86.4. The van der Waals surface area contributed by atoms with Gasteiger partial charge in [-0.2, -0.15) is 0 Å². The number of carboxylic acid groups (broad SMARTS) is 1. The third kappa shape index (κ3) is 24.1. The predicted octanol–water partition coefficient (Wildman–Crippen LogP) is 1.71. The van der Waals surface area contributed by atoms with Crippen molar-refractivity contribution < 1.29 is 63.5 Å². The van der Waals surface area contributed by atoms with Crippen molar-refractivity contribution in [1.82, 2.24) is 26.6 Å². The van der Waals surface area contributed by atoms with E-state index in [0.717, 1.165) is 26.2 Å². The van der Waals surface area contributed by atoms with E-state index in [-0.39, 0.29) is 25.2 Å². The Morgan fingerprint density at radius 1 is 0.694 bits per heavy atom. The number of nitrogens with two attached hydrogens (primary N) is 1. The Hall–Kier alpha value is -3.91. The Kier molecular flexibility index (Phi) is 29.6. The van der Waals surface area contributed by atoms with Crippen molar-refractivity contribution in [3.05, 3.63) is 0 Å². The summed E-state index contributed by atoms with van der Waals surface area (Å²) in [6.45, 7) is 5.65. The number of aliphatic hydroxyl groups excluding tert-OH is 3. The highest BCUT2D eigenvalue weighted by molar-refractivity contribution is 5.92. The van der Waals surface area contributed by atoms with Gasteiger partial charge in [0.05, 0.1) is 6.61 Å². The van der Waals surface area contributed by atoms with Crippen LogP contribution in [0.3, 0.4) is 0 Å². The summed E-state index contributed by atoms with van der Waals surface area (Å²) in [6, 6.07) is -5.14. The lowest BCUT2D eigenvalue weighted by molar-refractivity contribution is -0.266. The Bertz CT molecular complexity index is 1360. The monoisotopic (exact) mass is 887 g/mol. The number of primary amides is 1. The first-order valence-electron chi connectivity index (χ1n) is 22.8. The molecule has 0 bridgehead atoms. The molecule has 62 heavy (non-hydrogen) atoms. The molecule has 1 fully saturated rings. The van der Waals surface area contributed by atoms with Crippen LogP contribution in [0.4, 0.5) is 0 Å². The van der Waals surface area contributed by atoms with Crippen LogP contribution in [0.1, 0.15) is 163 Å². The second kappa shape index (κ2) is 32.7. The number of nitrogens with one attached hydrogen (secondary N) is 5. The highest BCUT2D eigenvalue weighted by Crippen LogP contribution is 2.24. The number of ether oxygens (including phenoxy) is 2. The van der Waals surface area contributed by atoms with Gasteiger partial charge >= 0.3 is 5.97 Å². The Labute approximate surface area is 367 Å². The number of carbonyl (C=O) groups excluding carboxylic acids is 6. The third-order valence-electron chi connectivity index (χ3n) is 10.9. The first-order chi connectivity index (χ1) is 29.5. The summed E-state index contributed by atoms with van der Waals surface area (Å²) < 4.78 is 10.8. The molecular formula is C43H78N6O13. The van der Waals surface area contributed by atoms with Gasteiger partial charge in [-0.3, -0.25) is 28.8 Å². The first-order valence-corrected chi connectivity index (χ1v) is 22.8. The predicted molar refractivity (Wildman–Crippen MR) is 230 cm³/mol. The number of hydrogen-bond acceptors (Lipinski definition) is 12. The van der Waals surface area contributed by atoms with Crippen LogP contribution in [0, 0.1) is 0 Å². The summed E-state index contributed by atoms with van der Waals surface area (Å²) >= 11 is 0. The van der Waals surface area contributed by atoms with Gasteiger partial charge in [-0.05, 0) is 46.0 Å². The molecule has 0 aromatic carbocycles. The summed E-state index contributed by atoms with van der Waals surface area (Å²) in [6.07, 6.45) is 12.3. The molecule has 19 heteroatoms. The SMILES string of the molecule is CCCCCCCCCCCCCCCCCC(=O)NCCCC[C@H](NC(=O)CC[C@@H](NC(=O)[C@H](C)NC(=O)[C@@H](C)O[C@H]1[C@H](O)[C@@H](CO)O[C@@H](O)[C@@H]1NC(C)=O)C(N)=O)C(=O)O. The van der Waals surface area contributed by atoms with Gasteiger partial charge < -0.3 is 62.2 Å². The lowest BCUT2D eigenvalue weighted by Gasteiger charge is -2.43. The van der Waals surface area contributed by atoms with Gasteiger partial charge in [0.2, 0.25) is 35.4 Å². The standard InChI is InChI=1S/C43H78N6O13/c1-5-6-7-8-9-10-11-12-13-14-15-16-17-18-19-23-34(52)45-26-21-20-22-32(42(58)59)48-35(53)25-24-31(39(44)55)49-40(56)28(2)46-41(57)29(3)61-38-36(47-30(4)51)43(60)62-33(27-50)37(38)54/h28-29,31-33,36-38,43,50,54,60H,5-27H2,1-4H3,(H2,44,55)(H,45,52)(H,46,57)(H,47,51)(H,48,53)(H,49,56)(H,58,59)/t28-,29+,31+,32-,33+,36+,37+,38+,43+/m0/s1. The zero-order chi connectivity index (χ0) is 46.5. The van der Waals surface area contributed by atoms with Crippen molar-refractivity contribution in [2.45, 2.75) is 217 Å². The molecule has 1 rings (SSSR count). The molecule has 0 spiro atoms. The van der Waals surface area contributed by atoms with E-state index in [9.17, 15) is 54.0 Å². The summed E-state index contributed by atoms with van der Waals surface area (Å²) in [5.41, 5.74) is 5.45. The van der Waals surface area contributed by atoms with E-state index < -0.39 is 97.0 Å². The second-order valence-corrected chi connectivity index (χ2v) is 16.4. The van der Waals surface area contributed by atoms with Crippen LogP contribution in [0.2, 0.25) is 0 Å². The molecule has 6 amide bonds. The third-order valence-corrected chi connectivity index (χ3v) is 10.9. The van der Waals surface area contributed by atoms with Gasteiger partial charge in [-0.15, -0.1) is 0 Å². The molecule has 1 aliphatic rings. The molecule has 0 aromatic heterocycles. The van der Waals surface area contributed by atoms with Crippen LogP contribution in [0.15, 0.2) is 0 Å². The van der Waals surface area contributed by atoms with E-state index in [0.29, 0.717) is 25.8 Å². The van der Waals surface area contributed by atoms with Crippen molar-refractivity contribution in [2.24, 2.45) is 5.73 Å². The minimum atomic E-state index is -1.68. The number of unbranched alkanes of at least 4 members (excludes halogenated alkanes) is 15. The van der Waals surface area contributed by atoms with Gasteiger partial charge in [0.15, 0.2) is 6.29 Å². The Morgan fingerprint density at radius 3 is 1.77 bits per heavy atom. The van der Waals surface area contributed by atoms with Crippen LogP contribution >= 0.6 is 0 Å². The molecule has 0 aliphatic carbocycles.